The molecule has 1 aromatic carbocycles. The summed E-state index contributed by atoms with van der Waals surface area (Å²) in [5, 5.41) is 0. The molecule has 1 saturated heterocycles. The minimum atomic E-state index is -0.626. The number of aliphatic imine (C=N–C) groups is 1. The molecule has 1 fully saturated rings. The number of carbonyl (C=O) groups is 1. The van der Waals surface area contributed by atoms with Gasteiger partial charge < -0.3 is 4.90 Å². The zero-order valence-corrected chi connectivity index (χ0v) is 12.2. The van der Waals surface area contributed by atoms with Gasteiger partial charge in [0, 0.05) is 29.3 Å². The number of hydrogen-bond donors (Lipinski definition) is 0. The molecule has 19 heavy (non-hydrogen) atoms. The first-order valence-electron chi connectivity index (χ1n) is 6.32. The molecule has 5 heteroatoms. The zero-order chi connectivity index (χ0) is 13.6. The first-order valence-corrected chi connectivity index (χ1v) is 7.11. The van der Waals surface area contributed by atoms with Gasteiger partial charge in [-0.05, 0) is 37.5 Å². The fraction of sp³-hybridized carbons (Fsp3) is 0.429. The van der Waals surface area contributed by atoms with Crippen molar-refractivity contribution in [2.24, 2.45) is 4.99 Å². The summed E-state index contributed by atoms with van der Waals surface area (Å²) < 4.78 is 14.7. The highest BCUT2D eigenvalue weighted by Crippen LogP contribution is 2.37. The molecule has 2 aliphatic rings. The predicted molar refractivity (Wildman–Crippen MR) is 74.9 cm³/mol. The molecular formula is C14H14BrFN2O. The van der Waals surface area contributed by atoms with Gasteiger partial charge in [-0.2, -0.15) is 0 Å². The second-order valence-corrected chi connectivity index (χ2v) is 6.11. The second kappa shape index (κ2) is 4.40. The average Bonchev–Trinajstić information content (AvgIpc) is 2.93. The van der Waals surface area contributed by atoms with E-state index in [4.69, 9.17) is 0 Å². The summed E-state index contributed by atoms with van der Waals surface area (Å²) >= 11 is 3.34. The highest BCUT2D eigenvalue weighted by molar-refractivity contribution is 9.10. The van der Waals surface area contributed by atoms with Crippen molar-refractivity contribution >= 4 is 27.5 Å². The third-order valence-electron chi connectivity index (χ3n) is 3.97. The van der Waals surface area contributed by atoms with Gasteiger partial charge in [-0.3, -0.25) is 9.79 Å². The Balaban J connectivity index is 2.00. The molecule has 100 valence electrons. The van der Waals surface area contributed by atoms with Gasteiger partial charge in [-0.25, -0.2) is 4.39 Å². The monoisotopic (exact) mass is 324 g/mol. The molecule has 0 radical (unpaired) electrons. The highest BCUT2D eigenvalue weighted by Gasteiger charge is 2.48. The van der Waals surface area contributed by atoms with Crippen LogP contribution in [-0.4, -0.2) is 35.7 Å². The van der Waals surface area contributed by atoms with Crippen molar-refractivity contribution in [2.45, 2.75) is 24.8 Å². The Labute approximate surface area is 119 Å². The molecule has 3 rings (SSSR count). The highest BCUT2D eigenvalue weighted by atomic mass is 79.9. The summed E-state index contributed by atoms with van der Waals surface area (Å²) in [4.78, 5) is 18.5. The molecule has 1 aromatic rings. The van der Waals surface area contributed by atoms with Crippen LogP contribution in [0.25, 0.3) is 0 Å². The van der Waals surface area contributed by atoms with Gasteiger partial charge in [0.1, 0.15) is 11.4 Å². The Morgan fingerprint density at radius 1 is 1.42 bits per heavy atom. The van der Waals surface area contributed by atoms with Gasteiger partial charge in [-0.1, -0.05) is 15.9 Å². The number of rotatable bonds is 1. The number of benzene rings is 1. The summed E-state index contributed by atoms with van der Waals surface area (Å²) in [6.45, 7) is 0.733. The third-order valence-corrected chi connectivity index (χ3v) is 4.46. The summed E-state index contributed by atoms with van der Waals surface area (Å²) in [7, 11) is 1.80. The van der Waals surface area contributed by atoms with Crippen LogP contribution in [0.15, 0.2) is 27.7 Å². The third kappa shape index (κ3) is 2.00. The lowest BCUT2D eigenvalue weighted by molar-refractivity contribution is -0.130. The lowest BCUT2D eigenvalue weighted by Crippen LogP contribution is -2.35. The number of halogens is 2. The molecule has 2 heterocycles. The number of likely N-dealkylation sites (N-methyl/N-ethyl adjacent to an activating group) is 1. The Kier molecular flexibility index (Phi) is 2.96. The number of hydrogen-bond acceptors (Lipinski definition) is 2. The molecule has 0 saturated carbocycles. The van der Waals surface area contributed by atoms with E-state index in [1.54, 1.807) is 24.1 Å². The largest absolute Gasteiger partial charge is 0.344 e. The van der Waals surface area contributed by atoms with E-state index in [9.17, 15) is 9.18 Å². The summed E-state index contributed by atoms with van der Waals surface area (Å²) in [5.74, 6) is -0.212. The van der Waals surface area contributed by atoms with E-state index < -0.39 is 5.54 Å². The maximum Gasteiger partial charge on any atom is 0.250 e. The standard InChI is InChI=1S/C14H14BrFN2O/c1-18-7-6-14(13(18)19)5-4-12(17-14)10-8-9(15)2-3-11(10)16/h2-3,8H,4-7H2,1H3/t14-/m1/s1. The fourth-order valence-electron chi connectivity index (χ4n) is 2.86. The number of likely N-dealkylation sites (tertiary alicyclic amines) is 1. The SMILES string of the molecule is CN1CC[C@]2(CCC(c3cc(Br)ccc3F)=N2)C1=O. The summed E-state index contributed by atoms with van der Waals surface area (Å²) in [6, 6.07) is 4.82. The van der Waals surface area contributed by atoms with Crippen molar-refractivity contribution in [3.8, 4) is 0 Å². The van der Waals surface area contributed by atoms with Crippen molar-refractivity contribution in [2.75, 3.05) is 13.6 Å². The van der Waals surface area contributed by atoms with Gasteiger partial charge in [0.2, 0.25) is 5.91 Å². The van der Waals surface area contributed by atoms with E-state index in [0.29, 0.717) is 24.1 Å². The molecule has 0 unspecified atom stereocenters. The van der Waals surface area contributed by atoms with Crippen LogP contribution in [-0.2, 0) is 4.79 Å². The van der Waals surface area contributed by atoms with Crippen LogP contribution in [0.2, 0.25) is 0 Å². The first kappa shape index (κ1) is 12.8. The van der Waals surface area contributed by atoms with E-state index in [1.165, 1.54) is 6.07 Å². The molecular weight excluding hydrogens is 311 g/mol. The summed E-state index contributed by atoms with van der Waals surface area (Å²) in [6.07, 6.45) is 2.09. The molecule has 0 aliphatic carbocycles. The Morgan fingerprint density at radius 2 is 2.21 bits per heavy atom. The molecule has 2 aliphatic heterocycles. The lowest BCUT2D eigenvalue weighted by atomic mass is 9.95. The Bertz CT molecular complexity index is 587. The van der Waals surface area contributed by atoms with Crippen LogP contribution in [0.4, 0.5) is 4.39 Å². The first-order chi connectivity index (χ1) is 9.02. The van der Waals surface area contributed by atoms with Crippen molar-refractivity contribution in [3.63, 3.8) is 0 Å². The van der Waals surface area contributed by atoms with Gasteiger partial charge >= 0.3 is 0 Å². The van der Waals surface area contributed by atoms with Crippen molar-refractivity contribution in [3.05, 3.63) is 34.1 Å². The minimum Gasteiger partial charge on any atom is -0.344 e. The Morgan fingerprint density at radius 3 is 2.89 bits per heavy atom. The number of carbonyl (C=O) groups excluding carboxylic acids is 1. The van der Waals surface area contributed by atoms with Crippen molar-refractivity contribution in [1.82, 2.24) is 4.90 Å². The topological polar surface area (TPSA) is 32.7 Å². The van der Waals surface area contributed by atoms with E-state index in [-0.39, 0.29) is 11.7 Å². The second-order valence-electron chi connectivity index (χ2n) is 5.19. The molecule has 1 atom stereocenters. The smallest absolute Gasteiger partial charge is 0.250 e. The van der Waals surface area contributed by atoms with Gasteiger partial charge in [0.05, 0.1) is 0 Å². The minimum absolute atomic E-state index is 0.0675. The fourth-order valence-corrected chi connectivity index (χ4v) is 3.22. The van der Waals surface area contributed by atoms with E-state index >= 15 is 0 Å². The van der Waals surface area contributed by atoms with Crippen molar-refractivity contribution < 1.29 is 9.18 Å². The maximum atomic E-state index is 13.9. The van der Waals surface area contributed by atoms with E-state index in [0.717, 1.165) is 17.4 Å². The zero-order valence-electron chi connectivity index (χ0n) is 10.6. The van der Waals surface area contributed by atoms with Crippen molar-refractivity contribution in [1.29, 1.82) is 0 Å². The Hall–Kier alpha value is -1.23. The summed E-state index contributed by atoms with van der Waals surface area (Å²) in [5.41, 5.74) is 0.592. The van der Waals surface area contributed by atoms with Crippen LogP contribution in [0.1, 0.15) is 24.8 Å². The molecule has 3 nitrogen and oxygen atoms in total. The number of nitrogens with zero attached hydrogens (tertiary/aromatic N) is 2. The molecule has 0 bridgehead atoms. The van der Waals surface area contributed by atoms with Crippen LogP contribution < -0.4 is 0 Å². The van der Waals surface area contributed by atoms with Gasteiger partial charge in [0.25, 0.3) is 0 Å². The molecule has 0 aromatic heterocycles. The quantitative estimate of drug-likeness (QED) is 0.781. The maximum absolute atomic E-state index is 13.9. The van der Waals surface area contributed by atoms with E-state index in [1.807, 2.05) is 0 Å². The van der Waals surface area contributed by atoms with Gasteiger partial charge in [0.15, 0.2) is 0 Å². The molecule has 1 amide bonds. The normalized spacial score (nSPS) is 26.4. The van der Waals surface area contributed by atoms with Gasteiger partial charge in [-0.15, -0.1) is 0 Å². The van der Waals surface area contributed by atoms with E-state index in [2.05, 4.69) is 20.9 Å². The van der Waals surface area contributed by atoms with Crippen LogP contribution >= 0.6 is 15.9 Å². The van der Waals surface area contributed by atoms with Crippen LogP contribution in [0, 0.1) is 5.82 Å². The predicted octanol–water partition coefficient (Wildman–Crippen LogP) is 2.77. The number of amides is 1. The average molecular weight is 325 g/mol. The molecule has 0 N–H and O–H groups in total. The van der Waals surface area contributed by atoms with Crippen LogP contribution in [0.3, 0.4) is 0 Å². The molecule has 1 spiro atoms. The lowest BCUT2D eigenvalue weighted by Gasteiger charge is -2.17. The van der Waals surface area contributed by atoms with Crippen LogP contribution in [0.5, 0.6) is 0 Å².